The SMILES string of the molecule is Cc1ccc(OC(C)C(=O)NNC(=O)c2ccccc2C)cc1C. The predicted molar refractivity (Wildman–Crippen MR) is 92.8 cm³/mol. The Labute approximate surface area is 142 Å². The molecule has 0 radical (unpaired) electrons. The van der Waals surface area contributed by atoms with Gasteiger partial charge in [-0.25, -0.2) is 0 Å². The van der Waals surface area contributed by atoms with E-state index in [-0.39, 0.29) is 5.91 Å². The first-order valence-electron chi connectivity index (χ1n) is 7.78. The van der Waals surface area contributed by atoms with Gasteiger partial charge in [-0.3, -0.25) is 20.4 Å². The van der Waals surface area contributed by atoms with E-state index in [1.165, 1.54) is 0 Å². The van der Waals surface area contributed by atoms with Crippen LogP contribution in [0.5, 0.6) is 5.75 Å². The maximum absolute atomic E-state index is 12.1. The van der Waals surface area contributed by atoms with E-state index in [9.17, 15) is 9.59 Å². The molecule has 2 aromatic carbocycles. The number of aryl methyl sites for hydroxylation is 3. The summed E-state index contributed by atoms with van der Waals surface area (Å²) >= 11 is 0. The number of carbonyl (C=O) groups excluding carboxylic acids is 2. The summed E-state index contributed by atoms with van der Waals surface area (Å²) in [5.41, 5.74) is 8.40. The molecule has 24 heavy (non-hydrogen) atoms. The predicted octanol–water partition coefficient (Wildman–Crippen LogP) is 2.84. The minimum atomic E-state index is -0.732. The Hall–Kier alpha value is -2.82. The van der Waals surface area contributed by atoms with E-state index >= 15 is 0 Å². The second-order valence-corrected chi connectivity index (χ2v) is 5.76. The smallest absolute Gasteiger partial charge is 0.279 e. The molecule has 126 valence electrons. The summed E-state index contributed by atoms with van der Waals surface area (Å²) in [6.07, 6.45) is -0.732. The molecule has 0 fully saturated rings. The van der Waals surface area contributed by atoms with Crippen molar-refractivity contribution < 1.29 is 14.3 Å². The number of rotatable bonds is 4. The molecule has 0 saturated carbocycles. The highest BCUT2D eigenvalue weighted by molar-refractivity contribution is 5.96. The lowest BCUT2D eigenvalue weighted by Crippen LogP contribution is -2.47. The van der Waals surface area contributed by atoms with E-state index in [4.69, 9.17) is 4.74 Å². The first-order chi connectivity index (χ1) is 11.4. The molecule has 1 unspecified atom stereocenters. The van der Waals surface area contributed by atoms with Crippen LogP contribution in [0.4, 0.5) is 0 Å². The number of hydrogen-bond donors (Lipinski definition) is 2. The molecule has 0 spiro atoms. The minimum absolute atomic E-state index is 0.361. The first kappa shape index (κ1) is 17.5. The van der Waals surface area contributed by atoms with Gasteiger partial charge < -0.3 is 4.74 Å². The van der Waals surface area contributed by atoms with Crippen molar-refractivity contribution in [3.8, 4) is 5.75 Å². The Morgan fingerprint density at radius 2 is 1.62 bits per heavy atom. The molecule has 5 heteroatoms. The van der Waals surface area contributed by atoms with Crippen molar-refractivity contribution in [3.63, 3.8) is 0 Å². The number of nitrogens with one attached hydrogen (secondary N) is 2. The molecule has 0 aliphatic rings. The second-order valence-electron chi connectivity index (χ2n) is 5.76. The molecule has 0 saturated heterocycles. The number of hydrogen-bond acceptors (Lipinski definition) is 3. The van der Waals surface area contributed by atoms with Gasteiger partial charge in [0, 0.05) is 5.56 Å². The first-order valence-corrected chi connectivity index (χ1v) is 7.78. The Bertz CT molecular complexity index is 756. The van der Waals surface area contributed by atoms with Crippen molar-refractivity contribution in [1.82, 2.24) is 10.9 Å². The highest BCUT2D eigenvalue weighted by Gasteiger charge is 2.16. The van der Waals surface area contributed by atoms with Crippen LogP contribution >= 0.6 is 0 Å². The molecular weight excluding hydrogens is 304 g/mol. The fourth-order valence-corrected chi connectivity index (χ4v) is 2.16. The van der Waals surface area contributed by atoms with Gasteiger partial charge in [0.1, 0.15) is 5.75 Å². The third-order valence-electron chi connectivity index (χ3n) is 3.85. The number of benzene rings is 2. The monoisotopic (exact) mass is 326 g/mol. The number of carbonyl (C=O) groups is 2. The van der Waals surface area contributed by atoms with Crippen LogP contribution in [0.15, 0.2) is 42.5 Å². The fraction of sp³-hybridized carbons (Fsp3) is 0.263. The number of hydrazine groups is 1. The highest BCUT2D eigenvalue weighted by Crippen LogP contribution is 2.17. The molecule has 5 nitrogen and oxygen atoms in total. The topological polar surface area (TPSA) is 67.4 Å². The number of ether oxygens (including phenoxy) is 1. The van der Waals surface area contributed by atoms with E-state index in [1.807, 2.05) is 51.1 Å². The quantitative estimate of drug-likeness (QED) is 0.849. The van der Waals surface area contributed by atoms with Crippen molar-refractivity contribution >= 4 is 11.8 Å². The van der Waals surface area contributed by atoms with Crippen molar-refractivity contribution in [2.75, 3.05) is 0 Å². The lowest BCUT2D eigenvalue weighted by Gasteiger charge is -2.16. The van der Waals surface area contributed by atoms with Gasteiger partial charge in [-0.1, -0.05) is 24.3 Å². The Kier molecular flexibility index (Phi) is 5.58. The van der Waals surface area contributed by atoms with Gasteiger partial charge in [0.2, 0.25) is 0 Å². The van der Waals surface area contributed by atoms with Crippen LogP contribution in [0, 0.1) is 20.8 Å². The molecule has 2 N–H and O–H groups in total. The zero-order valence-electron chi connectivity index (χ0n) is 14.3. The van der Waals surface area contributed by atoms with Crippen LogP contribution in [-0.2, 0) is 4.79 Å². The molecule has 0 aliphatic heterocycles. The lowest BCUT2D eigenvalue weighted by atomic mass is 10.1. The molecule has 0 aliphatic carbocycles. The molecule has 0 aromatic heterocycles. The zero-order chi connectivity index (χ0) is 17.7. The molecule has 2 amide bonds. The van der Waals surface area contributed by atoms with E-state index in [0.29, 0.717) is 11.3 Å². The third kappa shape index (κ3) is 4.35. The Morgan fingerprint density at radius 1 is 0.917 bits per heavy atom. The second kappa shape index (κ2) is 7.64. The summed E-state index contributed by atoms with van der Waals surface area (Å²) in [6.45, 7) is 7.46. The van der Waals surface area contributed by atoms with Crippen LogP contribution in [0.25, 0.3) is 0 Å². The van der Waals surface area contributed by atoms with Crippen LogP contribution in [0.1, 0.15) is 34.0 Å². The van der Waals surface area contributed by atoms with Gasteiger partial charge in [0.25, 0.3) is 11.8 Å². The molecule has 0 bridgehead atoms. The fourth-order valence-electron chi connectivity index (χ4n) is 2.16. The zero-order valence-corrected chi connectivity index (χ0v) is 14.3. The summed E-state index contributed by atoms with van der Waals surface area (Å²) in [5, 5.41) is 0. The van der Waals surface area contributed by atoms with E-state index in [1.54, 1.807) is 19.1 Å². The van der Waals surface area contributed by atoms with Gasteiger partial charge in [-0.15, -0.1) is 0 Å². The van der Waals surface area contributed by atoms with Gasteiger partial charge in [0.05, 0.1) is 0 Å². The summed E-state index contributed by atoms with van der Waals surface area (Å²) in [5.74, 6) is -0.166. The van der Waals surface area contributed by atoms with Gasteiger partial charge in [0.15, 0.2) is 6.10 Å². The molecular formula is C19H22N2O3. The van der Waals surface area contributed by atoms with Crippen molar-refractivity contribution in [3.05, 3.63) is 64.7 Å². The Morgan fingerprint density at radius 3 is 2.29 bits per heavy atom. The summed E-state index contributed by atoms with van der Waals surface area (Å²) in [4.78, 5) is 24.1. The van der Waals surface area contributed by atoms with E-state index in [0.717, 1.165) is 16.7 Å². The van der Waals surface area contributed by atoms with Crippen LogP contribution < -0.4 is 15.6 Å². The summed E-state index contributed by atoms with van der Waals surface area (Å²) in [7, 11) is 0. The van der Waals surface area contributed by atoms with Crippen molar-refractivity contribution in [1.29, 1.82) is 0 Å². The van der Waals surface area contributed by atoms with Crippen LogP contribution in [-0.4, -0.2) is 17.9 Å². The van der Waals surface area contributed by atoms with Gasteiger partial charge in [-0.2, -0.15) is 0 Å². The molecule has 2 aromatic rings. The van der Waals surface area contributed by atoms with Gasteiger partial charge in [-0.05, 0) is 62.6 Å². The Balaban J connectivity index is 1.91. The van der Waals surface area contributed by atoms with E-state index in [2.05, 4.69) is 10.9 Å². The number of amides is 2. The van der Waals surface area contributed by atoms with Crippen LogP contribution in [0.2, 0.25) is 0 Å². The van der Waals surface area contributed by atoms with Crippen molar-refractivity contribution in [2.45, 2.75) is 33.8 Å². The molecule has 0 heterocycles. The lowest BCUT2D eigenvalue weighted by molar-refractivity contribution is -0.128. The molecule has 2 rings (SSSR count). The largest absolute Gasteiger partial charge is 0.481 e. The maximum atomic E-state index is 12.1. The van der Waals surface area contributed by atoms with Crippen LogP contribution in [0.3, 0.4) is 0 Å². The van der Waals surface area contributed by atoms with Crippen molar-refractivity contribution in [2.24, 2.45) is 0 Å². The third-order valence-corrected chi connectivity index (χ3v) is 3.85. The summed E-state index contributed by atoms with van der Waals surface area (Å²) < 4.78 is 5.61. The average molecular weight is 326 g/mol. The highest BCUT2D eigenvalue weighted by atomic mass is 16.5. The van der Waals surface area contributed by atoms with E-state index < -0.39 is 12.0 Å². The van der Waals surface area contributed by atoms with Gasteiger partial charge >= 0.3 is 0 Å². The normalized spacial score (nSPS) is 11.5. The summed E-state index contributed by atoms with van der Waals surface area (Å²) in [6, 6.07) is 12.8. The standard InChI is InChI=1S/C19H22N2O3/c1-12-9-10-16(11-14(12)3)24-15(4)18(22)20-21-19(23)17-8-6-5-7-13(17)2/h5-11,15H,1-4H3,(H,20,22)(H,21,23). The minimum Gasteiger partial charge on any atom is -0.481 e. The molecule has 1 atom stereocenters. The average Bonchev–Trinajstić information content (AvgIpc) is 2.56. The maximum Gasteiger partial charge on any atom is 0.279 e.